The van der Waals surface area contributed by atoms with E-state index in [0.29, 0.717) is 6.04 Å². The second-order valence-corrected chi connectivity index (χ2v) is 4.61. The van der Waals surface area contributed by atoms with Crippen molar-refractivity contribution >= 4 is 11.3 Å². The molecule has 1 heterocycles. The maximum atomic E-state index is 5.02. The molecule has 1 atom stereocenters. The first kappa shape index (κ1) is 12.7. The lowest BCUT2D eigenvalue weighted by Crippen LogP contribution is -2.21. The minimum atomic E-state index is 0.535. The van der Waals surface area contributed by atoms with Crippen LogP contribution >= 0.6 is 11.3 Å². The van der Waals surface area contributed by atoms with Gasteiger partial charge in [0.15, 0.2) is 0 Å². The molecule has 2 nitrogen and oxygen atoms in total. The zero-order valence-corrected chi connectivity index (χ0v) is 10.5. The van der Waals surface area contributed by atoms with Crippen LogP contribution in [-0.2, 0) is 4.74 Å². The topological polar surface area (TPSA) is 21.3 Å². The van der Waals surface area contributed by atoms with Crippen LogP contribution in [0.4, 0.5) is 0 Å². The number of hydrogen-bond donors (Lipinski definition) is 1. The third-order valence-corrected chi connectivity index (χ3v) is 3.45. The van der Waals surface area contributed by atoms with Crippen molar-refractivity contribution in [2.24, 2.45) is 0 Å². The number of nitrogens with one attached hydrogen (secondary N) is 1. The fourth-order valence-electron chi connectivity index (χ4n) is 1.58. The number of ether oxygens (including phenoxy) is 1. The van der Waals surface area contributed by atoms with Gasteiger partial charge in [-0.25, -0.2) is 0 Å². The average Bonchev–Trinajstić information content (AvgIpc) is 2.77. The van der Waals surface area contributed by atoms with Crippen molar-refractivity contribution in [2.45, 2.75) is 32.2 Å². The summed E-state index contributed by atoms with van der Waals surface area (Å²) in [6.45, 7) is 4.18. The lowest BCUT2D eigenvalue weighted by molar-refractivity contribution is 0.192. The second-order valence-electron chi connectivity index (χ2n) is 3.63. The third kappa shape index (κ3) is 4.78. The van der Waals surface area contributed by atoms with E-state index in [1.807, 2.05) is 11.3 Å². The number of unbranched alkanes of at least 4 members (excludes halogenated alkanes) is 1. The normalized spacial score (nSPS) is 12.9. The van der Waals surface area contributed by atoms with E-state index in [1.54, 1.807) is 7.11 Å². The predicted octanol–water partition coefficient (Wildman–Crippen LogP) is 3.22. The maximum Gasteiger partial charge on any atom is 0.0462 e. The molecule has 0 fully saturated rings. The molecule has 3 heteroatoms. The molecular weight excluding hydrogens is 206 g/mol. The van der Waals surface area contributed by atoms with Gasteiger partial charge in [0, 0.05) is 24.6 Å². The highest BCUT2D eigenvalue weighted by molar-refractivity contribution is 7.10. The molecule has 1 rings (SSSR count). The minimum Gasteiger partial charge on any atom is -0.385 e. The van der Waals surface area contributed by atoms with Crippen LogP contribution < -0.4 is 5.32 Å². The lowest BCUT2D eigenvalue weighted by atomic mass is 10.2. The smallest absolute Gasteiger partial charge is 0.0462 e. The summed E-state index contributed by atoms with van der Waals surface area (Å²) in [6, 6.07) is 4.86. The van der Waals surface area contributed by atoms with E-state index in [4.69, 9.17) is 4.74 Å². The molecule has 15 heavy (non-hydrogen) atoms. The quantitative estimate of drug-likeness (QED) is 0.689. The molecular formula is C12H21NOS. The number of rotatable bonds is 8. The number of methoxy groups -OCH3 is 1. The molecule has 1 aromatic heterocycles. The lowest BCUT2D eigenvalue weighted by Gasteiger charge is -2.15. The zero-order valence-electron chi connectivity index (χ0n) is 9.66. The van der Waals surface area contributed by atoms with Crippen LogP contribution in [0.25, 0.3) is 0 Å². The van der Waals surface area contributed by atoms with Crippen LogP contribution in [0, 0.1) is 0 Å². The van der Waals surface area contributed by atoms with Crippen molar-refractivity contribution in [2.75, 3.05) is 20.3 Å². The van der Waals surface area contributed by atoms with Crippen LogP contribution in [0.15, 0.2) is 17.5 Å². The van der Waals surface area contributed by atoms with Crippen LogP contribution in [0.2, 0.25) is 0 Å². The summed E-state index contributed by atoms with van der Waals surface area (Å²) in [6.07, 6.45) is 3.49. The Morgan fingerprint density at radius 3 is 2.93 bits per heavy atom. The monoisotopic (exact) mass is 227 g/mol. The van der Waals surface area contributed by atoms with E-state index < -0.39 is 0 Å². The molecule has 0 aliphatic heterocycles. The van der Waals surface area contributed by atoms with Gasteiger partial charge in [-0.3, -0.25) is 0 Å². The van der Waals surface area contributed by atoms with Gasteiger partial charge in [0.05, 0.1) is 0 Å². The van der Waals surface area contributed by atoms with Crippen molar-refractivity contribution in [1.29, 1.82) is 0 Å². The molecule has 0 bridgehead atoms. The van der Waals surface area contributed by atoms with E-state index in [2.05, 4.69) is 29.8 Å². The van der Waals surface area contributed by atoms with E-state index in [1.165, 1.54) is 11.3 Å². The SMILES string of the molecule is CCC(NCCCCOC)c1cccs1. The van der Waals surface area contributed by atoms with Crippen LogP contribution in [0.3, 0.4) is 0 Å². The summed E-state index contributed by atoms with van der Waals surface area (Å²) in [5.41, 5.74) is 0. The predicted molar refractivity (Wildman–Crippen MR) is 66.5 cm³/mol. The molecule has 1 aromatic rings. The fraction of sp³-hybridized carbons (Fsp3) is 0.667. The highest BCUT2D eigenvalue weighted by atomic mass is 32.1. The summed E-state index contributed by atoms with van der Waals surface area (Å²) < 4.78 is 5.02. The minimum absolute atomic E-state index is 0.535. The molecule has 0 spiro atoms. The van der Waals surface area contributed by atoms with Crippen molar-refractivity contribution in [3.8, 4) is 0 Å². The summed E-state index contributed by atoms with van der Waals surface area (Å²) in [5, 5.41) is 5.73. The Bertz CT molecular complexity index is 236. The molecule has 1 N–H and O–H groups in total. The summed E-state index contributed by atoms with van der Waals surface area (Å²) in [7, 11) is 1.76. The Morgan fingerprint density at radius 2 is 2.33 bits per heavy atom. The average molecular weight is 227 g/mol. The molecule has 0 radical (unpaired) electrons. The standard InChI is InChI=1S/C12H21NOS/c1-3-11(12-7-6-10-15-12)13-8-4-5-9-14-2/h6-7,10-11,13H,3-5,8-9H2,1-2H3. The Kier molecular flexibility index (Phi) is 6.64. The Hall–Kier alpha value is -0.380. The first-order valence-corrected chi connectivity index (χ1v) is 6.52. The second kappa shape index (κ2) is 7.85. The summed E-state index contributed by atoms with van der Waals surface area (Å²) in [4.78, 5) is 1.45. The number of hydrogen-bond acceptors (Lipinski definition) is 3. The van der Waals surface area contributed by atoms with E-state index in [9.17, 15) is 0 Å². The van der Waals surface area contributed by atoms with Gasteiger partial charge < -0.3 is 10.1 Å². The Balaban J connectivity index is 2.18. The molecule has 0 amide bonds. The van der Waals surface area contributed by atoms with Gasteiger partial charge in [-0.1, -0.05) is 13.0 Å². The molecule has 86 valence electrons. The highest BCUT2D eigenvalue weighted by Crippen LogP contribution is 2.21. The van der Waals surface area contributed by atoms with E-state index >= 15 is 0 Å². The van der Waals surface area contributed by atoms with Crippen molar-refractivity contribution in [1.82, 2.24) is 5.32 Å². The molecule has 0 aliphatic rings. The molecule has 0 saturated heterocycles. The molecule has 0 aliphatic carbocycles. The van der Waals surface area contributed by atoms with Gasteiger partial charge in [0.25, 0.3) is 0 Å². The molecule has 1 unspecified atom stereocenters. The number of thiophene rings is 1. The van der Waals surface area contributed by atoms with Crippen molar-refractivity contribution < 1.29 is 4.74 Å². The van der Waals surface area contributed by atoms with E-state index in [-0.39, 0.29) is 0 Å². The largest absolute Gasteiger partial charge is 0.385 e. The van der Waals surface area contributed by atoms with Crippen LogP contribution in [0.5, 0.6) is 0 Å². The summed E-state index contributed by atoms with van der Waals surface area (Å²) in [5.74, 6) is 0. The fourth-order valence-corrected chi connectivity index (χ4v) is 2.47. The van der Waals surface area contributed by atoms with E-state index in [0.717, 1.165) is 26.0 Å². The first-order chi connectivity index (χ1) is 7.38. The maximum absolute atomic E-state index is 5.02. The van der Waals surface area contributed by atoms with Gasteiger partial charge in [-0.15, -0.1) is 11.3 Å². The Morgan fingerprint density at radius 1 is 1.47 bits per heavy atom. The molecule has 0 aromatic carbocycles. The van der Waals surface area contributed by atoms with Crippen molar-refractivity contribution in [3.05, 3.63) is 22.4 Å². The summed E-state index contributed by atoms with van der Waals surface area (Å²) >= 11 is 1.84. The highest BCUT2D eigenvalue weighted by Gasteiger charge is 2.08. The van der Waals surface area contributed by atoms with Gasteiger partial charge in [0.2, 0.25) is 0 Å². The van der Waals surface area contributed by atoms with Gasteiger partial charge in [-0.05, 0) is 37.3 Å². The van der Waals surface area contributed by atoms with Gasteiger partial charge in [0.1, 0.15) is 0 Å². The van der Waals surface area contributed by atoms with Gasteiger partial charge in [-0.2, -0.15) is 0 Å². The zero-order chi connectivity index (χ0) is 10.9. The van der Waals surface area contributed by atoms with Crippen molar-refractivity contribution in [3.63, 3.8) is 0 Å². The van der Waals surface area contributed by atoms with Gasteiger partial charge >= 0.3 is 0 Å². The Labute approximate surface area is 96.7 Å². The van der Waals surface area contributed by atoms with Crippen LogP contribution in [-0.4, -0.2) is 20.3 Å². The van der Waals surface area contributed by atoms with Crippen LogP contribution in [0.1, 0.15) is 37.1 Å². The first-order valence-electron chi connectivity index (χ1n) is 5.64. The molecule has 0 saturated carbocycles. The third-order valence-electron chi connectivity index (χ3n) is 2.46.